The van der Waals surface area contributed by atoms with E-state index in [0.29, 0.717) is 18.5 Å². The van der Waals surface area contributed by atoms with E-state index in [0.717, 1.165) is 11.1 Å². The molecule has 1 aromatic carbocycles. The van der Waals surface area contributed by atoms with Crippen LogP contribution in [0.2, 0.25) is 0 Å². The Bertz CT molecular complexity index is 462. The van der Waals surface area contributed by atoms with Gasteiger partial charge in [0.2, 0.25) is 5.91 Å². The summed E-state index contributed by atoms with van der Waals surface area (Å²) in [4.78, 5) is 25.2. The highest BCUT2D eigenvalue weighted by Crippen LogP contribution is 2.28. The lowest BCUT2D eigenvalue weighted by molar-refractivity contribution is -0.130. The smallest absolute Gasteiger partial charge is 0.250 e. The molecule has 4 nitrogen and oxygen atoms in total. The minimum atomic E-state index is -0.563. The third-order valence-corrected chi connectivity index (χ3v) is 3.12. The molecule has 90 valence electrons. The number of amides is 2. The van der Waals surface area contributed by atoms with Crippen molar-refractivity contribution >= 4 is 17.5 Å². The van der Waals surface area contributed by atoms with Crippen LogP contribution in [0.4, 0.5) is 5.69 Å². The maximum absolute atomic E-state index is 12.0. The van der Waals surface area contributed by atoms with Crippen LogP contribution in [-0.4, -0.2) is 17.9 Å². The summed E-state index contributed by atoms with van der Waals surface area (Å²) in [5.74, 6) is -0.451. The second-order valence-electron chi connectivity index (χ2n) is 4.45. The van der Waals surface area contributed by atoms with Gasteiger partial charge in [-0.3, -0.25) is 9.59 Å². The van der Waals surface area contributed by atoms with Gasteiger partial charge in [-0.2, -0.15) is 0 Å². The number of rotatable bonds is 1. The average molecular weight is 232 g/mol. The summed E-state index contributed by atoms with van der Waals surface area (Å²) in [7, 11) is 0. The van der Waals surface area contributed by atoms with Gasteiger partial charge in [-0.05, 0) is 31.4 Å². The number of hydrogen-bond donors (Lipinski definition) is 1. The minimum Gasteiger partial charge on any atom is -0.320 e. The number of piperidine rings is 1. The van der Waals surface area contributed by atoms with Crippen LogP contribution in [0.5, 0.6) is 0 Å². The van der Waals surface area contributed by atoms with Gasteiger partial charge in [0.1, 0.15) is 0 Å². The summed E-state index contributed by atoms with van der Waals surface area (Å²) in [6.45, 7) is 3.78. The van der Waals surface area contributed by atoms with Crippen LogP contribution in [0.1, 0.15) is 24.0 Å². The van der Waals surface area contributed by atoms with Gasteiger partial charge in [0, 0.05) is 6.42 Å². The van der Waals surface area contributed by atoms with Crippen LogP contribution in [0.25, 0.3) is 0 Å². The van der Waals surface area contributed by atoms with Gasteiger partial charge in [0.15, 0.2) is 0 Å². The van der Waals surface area contributed by atoms with Gasteiger partial charge in [-0.15, -0.1) is 0 Å². The molecule has 1 saturated heterocycles. The Morgan fingerprint density at radius 3 is 2.41 bits per heavy atom. The molecule has 0 aliphatic carbocycles. The Morgan fingerprint density at radius 2 is 1.82 bits per heavy atom. The van der Waals surface area contributed by atoms with Crippen molar-refractivity contribution in [1.82, 2.24) is 0 Å². The Morgan fingerprint density at radius 1 is 1.24 bits per heavy atom. The van der Waals surface area contributed by atoms with Crippen molar-refractivity contribution in [2.75, 3.05) is 4.90 Å². The summed E-state index contributed by atoms with van der Waals surface area (Å²) in [6.07, 6.45) is 0.778. The number of hydrogen-bond acceptors (Lipinski definition) is 3. The number of para-hydroxylation sites is 1. The number of benzene rings is 1. The molecule has 1 aliphatic rings. The average Bonchev–Trinajstić information content (AvgIpc) is 2.28. The molecule has 0 saturated carbocycles. The van der Waals surface area contributed by atoms with E-state index in [-0.39, 0.29) is 11.8 Å². The van der Waals surface area contributed by atoms with Crippen molar-refractivity contribution in [1.29, 1.82) is 0 Å². The first-order chi connectivity index (χ1) is 8.02. The second-order valence-corrected chi connectivity index (χ2v) is 4.45. The number of carbonyl (C=O) groups is 2. The van der Waals surface area contributed by atoms with Crippen molar-refractivity contribution in [2.24, 2.45) is 5.73 Å². The zero-order valence-corrected chi connectivity index (χ0v) is 10.1. The molecule has 2 rings (SSSR count). The van der Waals surface area contributed by atoms with E-state index >= 15 is 0 Å². The van der Waals surface area contributed by atoms with Crippen LogP contribution in [0.3, 0.4) is 0 Å². The van der Waals surface area contributed by atoms with Gasteiger partial charge in [0.05, 0.1) is 11.7 Å². The van der Waals surface area contributed by atoms with Crippen LogP contribution in [0.15, 0.2) is 18.2 Å². The van der Waals surface area contributed by atoms with Crippen molar-refractivity contribution in [3.05, 3.63) is 29.3 Å². The molecule has 2 amide bonds. The summed E-state index contributed by atoms with van der Waals surface area (Å²) in [6, 6.07) is 5.13. The molecule has 1 fully saturated rings. The summed E-state index contributed by atoms with van der Waals surface area (Å²) >= 11 is 0. The molecular weight excluding hydrogens is 216 g/mol. The summed E-state index contributed by atoms with van der Waals surface area (Å²) < 4.78 is 0. The molecule has 0 radical (unpaired) electrons. The third kappa shape index (κ3) is 1.96. The highest BCUT2D eigenvalue weighted by molar-refractivity contribution is 6.19. The van der Waals surface area contributed by atoms with Crippen molar-refractivity contribution in [2.45, 2.75) is 32.7 Å². The van der Waals surface area contributed by atoms with Crippen molar-refractivity contribution in [3.63, 3.8) is 0 Å². The Kier molecular flexibility index (Phi) is 2.98. The minimum absolute atomic E-state index is 0.158. The molecule has 2 N–H and O–H groups in total. The van der Waals surface area contributed by atoms with Gasteiger partial charge >= 0.3 is 0 Å². The molecule has 0 spiro atoms. The number of nitrogens with two attached hydrogens (primary N) is 1. The van der Waals surface area contributed by atoms with Crippen LogP contribution in [-0.2, 0) is 9.59 Å². The maximum Gasteiger partial charge on any atom is 0.250 e. The third-order valence-electron chi connectivity index (χ3n) is 3.12. The number of aryl methyl sites for hydroxylation is 2. The highest BCUT2D eigenvalue weighted by Gasteiger charge is 2.34. The molecule has 1 unspecified atom stereocenters. The first-order valence-corrected chi connectivity index (χ1v) is 5.71. The molecule has 0 aromatic heterocycles. The van der Waals surface area contributed by atoms with Crippen LogP contribution >= 0.6 is 0 Å². The van der Waals surface area contributed by atoms with Crippen LogP contribution < -0.4 is 10.6 Å². The lowest BCUT2D eigenvalue weighted by Gasteiger charge is -2.30. The van der Waals surface area contributed by atoms with E-state index < -0.39 is 6.04 Å². The van der Waals surface area contributed by atoms with Gasteiger partial charge < -0.3 is 5.73 Å². The van der Waals surface area contributed by atoms with E-state index in [2.05, 4.69) is 0 Å². The first-order valence-electron chi connectivity index (χ1n) is 5.71. The number of nitrogens with zero attached hydrogens (tertiary/aromatic N) is 1. The zero-order chi connectivity index (χ0) is 12.6. The molecule has 17 heavy (non-hydrogen) atoms. The molecule has 4 heteroatoms. The quantitative estimate of drug-likeness (QED) is 0.742. The van der Waals surface area contributed by atoms with E-state index in [1.165, 1.54) is 4.90 Å². The molecule has 1 atom stereocenters. The molecule has 1 aromatic rings. The largest absolute Gasteiger partial charge is 0.320 e. The number of anilines is 1. The predicted octanol–water partition coefficient (Wildman–Crippen LogP) is 1.28. The fraction of sp³-hybridized carbons (Fsp3) is 0.385. The Hall–Kier alpha value is -1.68. The lowest BCUT2D eigenvalue weighted by Crippen LogP contribution is -2.52. The molecular formula is C13H16N2O2. The monoisotopic (exact) mass is 232 g/mol. The fourth-order valence-electron chi connectivity index (χ4n) is 2.20. The van der Waals surface area contributed by atoms with Crippen LogP contribution in [0, 0.1) is 13.8 Å². The summed E-state index contributed by atoms with van der Waals surface area (Å²) in [5.41, 5.74) is 8.25. The zero-order valence-electron chi connectivity index (χ0n) is 10.1. The van der Waals surface area contributed by atoms with Gasteiger partial charge in [-0.1, -0.05) is 18.2 Å². The van der Waals surface area contributed by atoms with Gasteiger partial charge in [0.25, 0.3) is 5.91 Å². The van der Waals surface area contributed by atoms with E-state index in [4.69, 9.17) is 5.73 Å². The van der Waals surface area contributed by atoms with Crippen molar-refractivity contribution < 1.29 is 9.59 Å². The first kappa shape index (κ1) is 11.8. The predicted molar refractivity (Wildman–Crippen MR) is 65.6 cm³/mol. The molecule has 0 bridgehead atoms. The lowest BCUT2D eigenvalue weighted by atomic mass is 10.0. The number of imide groups is 1. The normalized spacial score (nSPS) is 20.9. The Labute approximate surface area is 100 Å². The summed E-state index contributed by atoms with van der Waals surface area (Å²) in [5, 5.41) is 0. The van der Waals surface area contributed by atoms with E-state index in [1.54, 1.807) is 0 Å². The SMILES string of the molecule is Cc1cccc(C)c1N1C(=O)CCC(N)C1=O. The fourth-order valence-corrected chi connectivity index (χ4v) is 2.20. The number of carbonyl (C=O) groups excluding carboxylic acids is 2. The van der Waals surface area contributed by atoms with Crippen molar-refractivity contribution in [3.8, 4) is 0 Å². The van der Waals surface area contributed by atoms with E-state index in [1.807, 2.05) is 32.0 Å². The Balaban J connectivity index is 2.50. The van der Waals surface area contributed by atoms with E-state index in [9.17, 15) is 9.59 Å². The maximum atomic E-state index is 12.0. The molecule has 1 aliphatic heterocycles. The second kappa shape index (κ2) is 4.30. The highest BCUT2D eigenvalue weighted by atomic mass is 16.2. The van der Waals surface area contributed by atoms with Gasteiger partial charge in [-0.25, -0.2) is 4.90 Å². The molecule has 1 heterocycles. The topological polar surface area (TPSA) is 63.4 Å². The standard InChI is InChI=1S/C13H16N2O2/c1-8-4-3-5-9(2)12(8)15-11(16)7-6-10(14)13(15)17/h3-5,10H,6-7,14H2,1-2H3.